The molecule has 0 saturated carbocycles. The molecule has 1 aromatic heterocycles. The molecule has 2 heterocycles. The van der Waals surface area contributed by atoms with E-state index in [1.165, 1.54) is 31.0 Å². The molecule has 1 aliphatic heterocycles. The lowest BCUT2D eigenvalue weighted by Gasteiger charge is -2.39. The highest BCUT2D eigenvalue weighted by molar-refractivity contribution is 8.00. The Hall–Kier alpha value is -2.23. The van der Waals surface area contributed by atoms with Crippen LogP contribution >= 0.6 is 11.9 Å². The van der Waals surface area contributed by atoms with Crippen LogP contribution in [0.2, 0.25) is 0 Å². The maximum atomic E-state index is 14.3. The van der Waals surface area contributed by atoms with E-state index in [1.807, 2.05) is 34.6 Å². The molecule has 2 aromatic rings. The largest absolute Gasteiger partial charge is 0.573 e. The molecule has 0 bridgehead atoms. The summed E-state index contributed by atoms with van der Waals surface area (Å²) in [5.74, 6) is -1.11. The van der Waals surface area contributed by atoms with E-state index in [4.69, 9.17) is 19.2 Å². The fraction of sp³-hybridized carbons (Fsp3) is 0.593. The zero-order valence-electron chi connectivity index (χ0n) is 25.8. The predicted molar refractivity (Wildman–Crippen MR) is 162 cm³/mol. The highest BCUT2D eigenvalue weighted by Crippen LogP contribution is 2.51. The van der Waals surface area contributed by atoms with Crippen LogP contribution in [0.3, 0.4) is 0 Å². The van der Waals surface area contributed by atoms with Crippen LogP contribution in [-0.4, -0.2) is 65.3 Å². The first-order valence-electron chi connectivity index (χ1n) is 14.2. The van der Waals surface area contributed by atoms with Crippen molar-refractivity contribution in [1.29, 1.82) is 0 Å². The summed E-state index contributed by atoms with van der Waals surface area (Å²) in [6, 6.07) is 4.60. The van der Waals surface area contributed by atoms with Crippen LogP contribution in [-0.2, 0) is 14.9 Å². The highest BCUT2D eigenvalue weighted by atomic mass is 32.2. The number of ether oxygens (including phenoxy) is 2. The van der Waals surface area contributed by atoms with Gasteiger partial charge in [0, 0.05) is 24.8 Å². The van der Waals surface area contributed by atoms with Gasteiger partial charge < -0.3 is 38.7 Å². The van der Waals surface area contributed by atoms with E-state index in [9.17, 15) is 27.6 Å². The van der Waals surface area contributed by atoms with Crippen molar-refractivity contribution in [3.05, 3.63) is 35.8 Å². The van der Waals surface area contributed by atoms with Crippen molar-refractivity contribution in [2.75, 3.05) is 23.7 Å². The van der Waals surface area contributed by atoms with E-state index < -0.39 is 43.5 Å². The molecule has 1 atom stereocenters. The molecule has 0 aliphatic carbocycles. The smallest absolute Gasteiger partial charge is 0.478 e. The second-order valence-corrected chi connectivity index (χ2v) is 10.3. The van der Waals surface area contributed by atoms with E-state index in [2.05, 4.69) is 14.4 Å². The molecule has 1 unspecified atom stereocenters. The average Bonchev–Trinajstić information content (AvgIpc) is 3.18. The van der Waals surface area contributed by atoms with Crippen LogP contribution in [0.15, 0.2) is 24.3 Å². The standard InChI is InChI=1S/C23H30B2F4N2O7S.2C2H6/c1-5-9-39-31-16-10-14(24(33)34)11-17(36-23(27,28)29)20(16)22(4)21(2,3)37-25(38-22)15-12-18(26)30-19(13-15)35-8-6-7-32;2*1-2/h10-13,31-34H,5-9H2,1-4H3;2*1-2H3. The first-order valence-corrected chi connectivity index (χ1v) is 15.1. The summed E-state index contributed by atoms with van der Waals surface area (Å²) >= 11 is 1.20. The third kappa shape index (κ3) is 10.4. The van der Waals surface area contributed by atoms with Gasteiger partial charge in [0.15, 0.2) is 0 Å². The fourth-order valence-corrected chi connectivity index (χ4v) is 4.62. The summed E-state index contributed by atoms with van der Waals surface area (Å²) in [6.07, 6.45) is -4.07. The average molecular weight is 636 g/mol. The molecule has 9 nitrogen and oxygen atoms in total. The quantitative estimate of drug-likeness (QED) is 0.0871. The van der Waals surface area contributed by atoms with Gasteiger partial charge in [0.2, 0.25) is 11.8 Å². The van der Waals surface area contributed by atoms with Gasteiger partial charge in [0.05, 0.1) is 23.5 Å². The van der Waals surface area contributed by atoms with E-state index in [0.717, 1.165) is 18.6 Å². The van der Waals surface area contributed by atoms with Gasteiger partial charge in [-0.05, 0) is 56.3 Å². The van der Waals surface area contributed by atoms with Crippen molar-refractivity contribution in [2.24, 2.45) is 0 Å². The maximum Gasteiger partial charge on any atom is 0.573 e. The van der Waals surface area contributed by atoms with Crippen molar-refractivity contribution in [2.45, 2.75) is 85.8 Å². The third-order valence-corrected chi connectivity index (χ3v) is 7.10. The molecule has 3 rings (SSSR count). The summed E-state index contributed by atoms with van der Waals surface area (Å²) < 4.78 is 80.0. The molecule has 4 N–H and O–H groups in total. The minimum atomic E-state index is -5.12. The van der Waals surface area contributed by atoms with Crippen LogP contribution < -0.4 is 25.1 Å². The number of benzene rings is 1. The second-order valence-electron chi connectivity index (χ2n) is 9.41. The lowest BCUT2D eigenvalue weighted by Crippen LogP contribution is -2.44. The van der Waals surface area contributed by atoms with Crippen molar-refractivity contribution < 1.29 is 51.5 Å². The first-order chi connectivity index (χ1) is 20.2. The van der Waals surface area contributed by atoms with Gasteiger partial charge in [-0.1, -0.05) is 46.6 Å². The van der Waals surface area contributed by atoms with Gasteiger partial charge in [-0.15, -0.1) is 13.2 Å². The number of alkyl halides is 3. The van der Waals surface area contributed by atoms with E-state index >= 15 is 0 Å². The summed E-state index contributed by atoms with van der Waals surface area (Å²) in [5.41, 5.74) is -3.03. The number of hydrogen-bond acceptors (Lipinski definition) is 10. The molecule has 1 aliphatic rings. The third-order valence-electron chi connectivity index (χ3n) is 6.12. The Kier molecular flexibility index (Phi) is 15.6. The minimum Gasteiger partial charge on any atom is -0.478 e. The number of aliphatic hydroxyl groups excluding tert-OH is 1. The number of nitrogens with one attached hydrogen (secondary N) is 1. The number of hydrogen-bond donors (Lipinski definition) is 4. The van der Waals surface area contributed by atoms with Gasteiger partial charge in [-0.2, -0.15) is 9.37 Å². The van der Waals surface area contributed by atoms with Gasteiger partial charge in [0.1, 0.15) is 11.4 Å². The summed E-state index contributed by atoms with van der Waals surface area (Å²) in [4.78, 5) is 3.66. The number of aliphatic hydroxyl groups is 1. The maximum absolute atomic E-state index is 14.3. The Bertz CT molecular complexity index is 1150. The Morgan fingerprint density at radius 2 is 1.72 bits per heavy atom. The summed E-state index contributed by atoms with van der Waals surface area (Å²) in [5, 5.41) is 28.4. The van der Waals surface area contributed by atoms with Crippen molar-refractivity contribution in [3.8, 4) is 11.6 Å². The van der Waals surface area contributed by atoms with Crippen LogP contribution in [0.4, 0.5) is 23.2 Å². The van der Waals surface area contributed by atoms with Gasteiger partial charge in [-0.25, -0.2) is 0 Å². The molecule has 242 valence electrons. The van der Waals surface area contributed by atoms with Gasteiger partial charge >= 0.3 is 20.6 Å². The van der Waals surface area contributed by atoms with Crippen LogP contribution in [0.5, 0.6) is 11.6 Å². The topological polar surface area (TPSA) is 123 Å². The van der Waals surface area contributed by atoms with E-state index in [-0.39, 0.29) is 41.3 Å². The zero-order chi connectivity index (χ0) is 33.0. The normalized spacial score (nSPS) is 17.3. The molecule has 1 fully saturated rings. The Balaban J connectivity index is 0.00000221. The van der Waals surface area contributed by atoms with Crippen molar-refractivity contribution in [1.82, 2.24) is 4.98 Å². The molecule has 1 aromatic carbocycles. The number of nitrogens with zero attached hydrogens (tertiary/aromatic N) is 1. The Morgan fingerprint density at radius 3 is 2.28 bits per heavy atom. The second kappa shape index (κ2) is 17.3. The van der Waals surface area contributed by atoms with E-state index in [0.29, 0.717) is 12.2 Å². The molecule has 1 saturated heterocycles. The zero-order valence-corrected chi connectivity index (χ0v) is 26.7. The summed E-state index contributed by atoms with van der Waals surface area (Å²) in [7, 11) is -3.33. The predicted octanol–water partition coefficient (Wildman–Crippen LogP) is 4.52. The van der Waals surface area contributed by atoms with Crippen LogP contribution in [0, 0.1) is 5.95 Å². The van der Waals surface area contributed by atoms with Gasteiger partial charge in [0.25, 0.3) is 0 Å². The minimum absolute atomic E-state index is 0.0770. The molecule has 16 heteroatoms. The first kappa shape index (κ1) is 38.8. The highest BCUT2D eigenvalue weighted by Gasteiger charge is 2.58. The molecule has 0 amide bonds. The molecule has 43 heavy (non-hydrogen) atoms. The van der Waals surface area contributed by atoms with E-state index in [1.54, 1.807) is 13.8 Å². The SMILES string of the molecule is CC.CC.CCCSNc1cc(B(O)O)cc(OC(F)(F)F)c1C1(C)OB(c2cc(F)nc(OCCCO)c2)OC1(C)C. The van der Waals surface area contributed by atoms with Crippen LogP contribution in [0.25, 0.3) is 0 Å². The number of aromatic nitrogens is 1. The Labute approximate surface area is 256 Å². The van der Waals surface area contributed by atoms with Crippen molar-refractivity contribution in [3.63, 3.8) is 0 Å². The molecule has 0 radical (unpaired) electrons. The fourth-order valence-electron chi connectivity index (χ4n) is 3.99. The number of halogens is 4. The molecular formula is C27H42B2F4N2O7S. The lowest BCUT2D eigenvalue weighted by molar-refractivity contribution is -0.275. The lowest BCUT2D eigenvalue weighted by atomic mass is 9.75. The number of anilines is 1. The van der Waals surface area contributed by atoms with Gasteiger partial charge in [-0.3, -0.25) is 0 Å². The monoisotopic (exact) mass is 636 g/mol. The molecular weight excluding hydrogens is 594 g/mol. The summed E-state index contributed by atoms with van der Waals surface area (Å²) in [6.45, 7) is 14.6. The Morgan fingerprint density at radius 1 is 1.07 bits per heavy atom. The van der Waals surface area contributed by atoms with Crippen molar-refractivity contribution >= 4 is 42.8 Å². The van der Waals surface area contributed by atoms with Crippen LogP contribution in [0.1, 0.15) is 73.8 Å². The molecule has 0 spiro atoms. The number of pyridine rings is 1. The number of rotatable bonds is 12.